The number of nitrogens with zero attached hydrogens (tertiary/aromatic N) is 1. The van der Waals surface area contributed by atoms with Crippen LogP contribution in [0.5, 0.6) is 5.75 Å². The molecule has 0 saturated carbocycles. The molecule has 0 spiro atoms. The SMILES string of the molecule is CCO[Si](CCCN=Cc1ccc(OC)cc1)(OCC)OCC. The highest BCUT2D eigenvalue weighted by atomic mass is 28.4. The van der Waals surface area contributed by atoms with Crippen molar-refractivity contribution in [3.8, 4) is 5.75 Å². The molecule has 0 unspecified atom stereocenters. The Labute approximate surface area is 141 Å². The van der Waals surface area contributed by atoms with E-state index in [1.165, 1.54) is 0 Å². The Kier molecular flexibility index (Phi) is 9.78. The topological polar surface area (TPSA) is 49.3 Å². The van der Waals surface area contributed by atoms with Crippen molar-refractivity contribution in [1.29, 1.82) is 0 Å². The van der Waals surface area contributed by atoms with Crippen LogP contribution >= 0.6 is 0 Å². The number of aliphatic imine (C=N–C) groups is 1. The summed E-state index contributed by atoms with van der Waals surface area (Å²) in [5.41, 5.74) is 1.06. The fraction of sp³-hybridized carbons (Fsp3) is 0.588. The predicted octanol–water partition coefficient (Wildman–Crippen LogP) is 3.55. The molecule has 0 aromatic heterocycles. The lowest BCUT2D eigenvalue weighted by atomic mass is 10.2. The molecule has 1 aromatic rings. The molecule has 130 valence electrons. The van der Waals surface area contributed by atoms with Crippen LogP contribution < -0.4 is 4.74 Å². The maximum atomic E-state index is 5.83. The zero-order valence-electron chi connectivity index (χ0n) is 14.7. The van der Waals surface area contributed by atoms with Crippen molar-refractivity contribution >= 4 is 15.0 Å². The van der Waals surface area contributed by atoms with Crippen LogP contribution in [0.25, 0.3) is 0 Å². The Bertz CT molecular complexity index is 433. The van der Waals surface area contributed by atoms with Crippen molar-refractivity contribution in [3.63, 3.8) is 0 Å². The van der Waals surface area contributed by atoms with Crippen LogP contribution in [0.1, 0.15) is 32.8 Å². The average molecular weight is 340 g/mol. The van der Waals surface area contributed by atoms with Gasteiger partial charge in [-0.15, -0.1) is 0 Å². The molecule has 0 radical (unpaired) electrons. The summed E-state index contributed by atoms with van der Waals surface area (Å²) < 4.78 is 22.6. The molecule has 23 heavy (non-hydrogen) atoms. The first kappa shape index (κ1) is 19.8. The van der Waals surface area contributed by atoms with E-state index < -0.39 is 8.80 Å². The third kappa shape index (κ3) is 7.26. The quantitative estimate of drug-likeness (QED) is 0.332. The van der Waals surface area contributed by atoms with Gasteiger partial charge in [0.15, 0.2) is 0 Å². The van der Waals surface area contributed by atoms with Crippen molar-refractivity contribution in [2.45, 2.75) is 33.2 Å². The van der Waals surface area contributed by atoms with Crippen LogP contribution in [-0.4, -0.2) is 48.5 Å². The van der Waals surface area contributed by atoms with Gasteiger partial charge in [0.25, 0.3) is 0 Å². The van der Waals surface area contributed by atoms with E-state index in [0.717, 1.165) is 30.3 Å². The van der Waals surface area contributed by atoms with Gasteiger partial charge in [-0.3, -0.25) is 4.99 Å². The third-order valence-electron chi connectivity index (χ3n) is 3.22. The minimum absolute atomic E-state index is 0.612. The average Bonchev–Trinajstić information content (AvgIpc) is 2.56. The van der Waals surface area contributed by atoms with Crippen molar-refractivity contribution in [2.75, 3.05) is 33.5 Å². The summed E-state index contributed by atoms with van der Waals surface area (Å²) in [6, 6.07) is 8.63. The molecular formula is C17H29NO4Si. The van der Waals surface area contributed by atoms with E-state index in [-0.39, 0.29) is 0 Å². The molecule has 0 bridgehead atoms. The number of hydrogen-bond acceptors (Lipinski definition) is 5. The minimum Gasteiger partial charge on any atom is -0.497 e. The van der Waals surface area contributed by atoms with E-state index in [0.29, 0.717) is 19.8 Å². The van der Waals surface area contributed by atoms with Gasteiger partial charge in [-0.2, -0.15) is 0 Å². The van der Waals surface area contributed by atoms with Gasteiger partial charge in [0.1, 0.15) is 5.75 Å². The Balaban J connectivity index is 2.46. The number of rotatable bonds is 12. The summed E-state index contributed by atoms with van der Waals surface area (Å²) in [5.74, 6) is 0.850. The molecule has 1 aromatic carbocycles. The highest BCUT2D eigenvalue weighted by molar-refractivity contribution is 6.60. The highest BCUT2D eigenvalue weighted by Gasteiger charge is 2.39. The van der Waals surface area contributed by atoms with E-state index in [2.05, 4.69) is 4.99 Å². The van der Waals surface area contributed by atoms with Crippen LogP contribution in [0.3, 0.4) is 0 Å². The predicted molar refractivity (Wildman–Crippen MR) is 95.5 cm³/mol. The first-order valence-corrected chi connectivity index (χ1v) is 10.2. The molecule has 5 nitrogen and oxygen atoms in total. The van der Waals surface area contributed by atoms with Crippen molar-refractivity contribution < 1.29 is 18.0 Å². The van der Waals surface area contributed by atoms with Crippen molar-refractivity contribution in [2.24, 2.45) is 4.99 Å². The molecular weight excluding hydrogens is 310 g/mol. The van der Waals surface area contributed by atoms with Gasteiger partial charge in [-0.25, -0.2) is 0 Å². The van der Waals surface area contributed by atoms with E-state index in [4.69, 9.17) is 18.0 Å². The summed E-state index contributed by atoms with van der Waals surface area (Å²) >= 11 is 0. The maximum absolute atomic E-state index is 5.83. The molecule has 0 N–H and O–H groups in total. The summed E-state index contributed by atoms with van der Waals surface area (Å²) in [7, 11) is -0.867. The summed E-state index contributed by atoms with van der Waals surface area (Å²) in [6.45, 7) is 8.49. The first-order valence-electron chi connectivity index (χ1n) is 8.25. The Morgan fingerprint density at radius 2 is 1.52 bits per heavy atom. The number of hydrogen-bond donors (Lipinski definition) is 0. The molecule has 0 atom stereocenters. The molecule has 6 heteroatoms. The monoisotopic (exact) mass is 339 g/mol. The van der Waals surface area contributed by atoms with Gasteiger partial charge >= 0.3 is 8.80 Å². The van der Waals surface area contributed by atoms with E-state index in [1.54, 1.807) is 7.11 Å². The standard InChI is InChI=1S/C17H29NO4Si/c1-5-20-23(21-6-2,22-7-3)14-8-13-18-15-16-9-11-17(19-4)12-10-16/h9-12,15H,5-8,13-14H2,1-4H3. The summed E-state index contributed by atoms with van der Waals surface area (Å²) in [6.07, 6.45) is 2.77. The molecule has 0 aliphatic heterocycles. The van der Waals surface area contributed by atoms with Crippen LogP contribution in [0, 0.1) is 0 Å². The molecule has 0 saturated heterocycles. The van der Waals surface area contributed by atoms with Crippen molar-refractivity contribution in [3.05, 3.63) is 29.8 Å². The number of benzene rings is 1. The van der Waals surface area contributed by atoms with Gasteiger partial charge in [0.2, 0.25) is 0 Å². The zero-order chi connectivity index (χ0) is 17.0. The minimum atomic E-state index is -2.53. The highest BCUT2D eigenvalue weighted by Crippen LogP contribution is 2.18. The summed E-state index contributed by atoms with van der Waals surface area (Å²) in [5, 5.41) is 0. The second-order valence-corrected chi connectivity index (χ2v) is 7.63. The van der Waals surface area contributed by atoms with Crippen LogP contribution in [0.15, 0.2) is 29.3 Å². The summed E-state index contributed by atoms with van der Waals surface area (Å²) in [4.78, 5) is 4.47. The van der Waals surface area contributed by atoms with Gasteiger partial charge < -0.3 is 18.0 Å². The zero-order valence-corrected chi connectivity index (χ0v) is 15.7. The van der Waals surface area contributed by atoms with E-state index >= 15 is 0 Å². The normalized spacial score (nSPS) is 12.0. The second-order valence-electron chi connectivity index (χ2n) is 4.89. The van der Waals surface area contributed by atoms with Crippen molar-refractivity contribution in [1.82, 2.24) is 0 Å². The Morgan fingerprint density at radius 3 is 2.00 bits per heavy atom. The molecule has 0 fully saturated rings. The number of ether oxygens (including phenoxy) is 1. The lowest BCUT2D eigenvalue weighted by Gasteiger charge is -2.28. The Morgan fingerprint density at radius 1 is 0.957 bits per heavy atom. The van der Waals surface area contributed by atoms with Gasteiger partial charge in [0, 0.05) is 38.6 Å². The van der Waals surface area contributed by atoms with E-state index in [9.17, 15) is 0 Å². The first-order chi connectivity index (χ1) is 11.2. The Hall–Kier alpha value is -1.21. The smallest absolute Gasteiger partial charge is 0.497 e. The largest absolute Gasteiger partial charge is 0.500 e. The lowest BCUT2D eigenvalue weighted by molar-refractivity contribution is 0.0710. The van der Waals surface area contributed by atoms with E-state index in [1.807, 2.05) is 51.3 Å². The molecule has 0 aliphatic rings. The van der Waals surface area contributed by atoms with Crippen LogP contribution in [-0.2, 0) is 13.3 Å². The number of methoxy groups -OCH3 is 1. The van der Waals surface area contributed by atoms with Gasteiger partial charge in [-0.05, 0) is 57.0 Å². The van der Waals surface area contributed by atoms with Gasteiger partial charge in [0.05, 0.1) is 7.11 Å². The second kappa shape index (κ2) is 11.3. The maximum Gasteiger partial charge on any atom is 0.500 e. The molecule has 0 heterocycles. The molecule has 1 rings (SSSR count). The fourth-order valence-electron chi connectivity index (χ4n) is 2.25. The fourth-order valence-corrected chi connectivity index (χ4v) is 4.84. The van der Waals surface area contributed by atoms with Crippen LogP contribution in [0.2, 0.25) is 6.04 Å². The third-order valence-corrected chi connectivity index (χ3v) is 6.37. The molecule has 0 aliphatic carbocycles. The van der Waals surface area contributed by atoms with Gasteiger partial charge in [-0.1, -0.05) is 0 Å². The van der Waals surface area contributed by atoms with Crippen LogP contribution in [0.4, 0.5) is 0 Å². The lowest BCUT2D eigenvalue weighted by Crippen LogP contribution is -2.46. The molecule has 0 amide bonds.